The second-order valence-electron chi connectivity index (χ2n) is 7.10. The first-order valence-corrected chi connectivity index (χ1v) is 10.2. The van der Waals surface area contributed by atoms with Crippen LogP contribution in [-0.4, -0.2) is 41.1 Å². The van der Waals surface area contributed by atoms with Crippen LogP contribution in [0.4, 0.5) is 5.13 Å². The number of benzene rings is 1. The number of rotatable bonds is 7. The summed E-state index contributed by atoms with van der Waals surface area (Å²) in [6.45, 7) is 5.44. The maximum Gasteiger partial charge on any atom is 0.420 e. The number of nitrogens with zero attached hydrogens (tertiary/aromatic N) is 2. The monoisotopic (exact) mass is 447 g/mol. The van der Waals surface area contributed by atoms with E-state index in [1.165, 1.54) is 25.3 Å². The quantitative estimate of drug-likeness (QED) is 0.547. The summed E-state index contributed by atoms with van der Waals surface area (Å²) in [7, 11) is 1.24. The Hall–Kier alpha value is -3.47. The zero-order chi connectivity index (χ0) is 22.7. The van der Waals surface area contributed by atoms with Crippen LogP contribution in [0.15, 0.2) is 27.4 Å². The number of thiazole rings is 1. The SMILES string of the molecule is COC(=O)c1ccc2c(c1)oc(=O)n2CC(=O)Nc1nc(C)c(C(=O)OCC(C)C)s1. The third kappa shape index (κ3) is 5.00. The van der Waals surface area contributed by atoms with Crippen molar-refractivity contribution in [2.24, 2.45) is 5.92 Å². The summed E-state index contributed by atoms with van der Waals surface area (Å²) in [6, 6.07) is 4.34. The minimum atomic E-state index is -0.750. The minimum Gasteiger partial charge on any atom is -0.465 e. The fraction of sp³-hybridized carbons (Fsp3) is 0.350. The van der Waals surface area contributed by atoms with Gasteiger partial charge in [-0.2, -0.15) is 0 Å². The molecule has 0 bridgehead atoms. The molecule has 0 radical (unpaired) electrons. The van der Waals surface area contributed by atoms with Crippen molar-refractivity contribution in [2.45, 2.75) is 27.3 Å². The van der Waals surface area contributed by atoms with Crippen molar-refractivity contribution in [3.8, 4) is 0 Å². The highest BCUT2D eigenvalue weighted by atomic mass is 32.1. The normalized spacial score (nSPS) is 11.0. The topological polar surface area (TPSA) is 130 Å². The van der Waals surface area contributed by atoms with Gasteiger partial charge < -0.3 is 19.2 Å². The van der Waals surface area contributed by atoms with Crippen LogP contribution < -0.4 is 11.1 Å². The molecule has 0 saturated heterocycles. The Bertz CT molecular complexity index is 1210. The number of oxazole rings is 1. The molecule has 3 rings (SSSR count). The van der Waals surface area contributed by atoms with Crippen LogP contribution in [0.1, 0.15) is 39.6 Å². The summed E-state index contributed by atoms with van der Waals surface area (Å²) in [5.74, 6) is -2.15. The number of anilines is 1. The lowest BCUT2D eigenvalue weighted by atomic mass is 10.2. The lowest BCUT2D eigenvalue weighted by Gasteiger charge is -2.05. The summed E-state index contributed by atoms with van der Waals surface area (Å²) in [4.78, 5) is 52.9. The standard InChI is InChI=1S/C20H21N3O7S/c1-10(2)9-29-18(26)16-11(3)21-19(31-16)22-15(24)8-23-13-6-5-12(17(25)28-4)7-14(13)30-20(23)27/h5-7,10H,8-9H2,1-4H3,(H,21,22,24). The molecule has 1 N–H and O–H groups in total. The number of fused-ring (bicyclic) bond motifs is 1. The van der Waals surface area contributed by atoms with Crippen LogP contribution in [0, 0.1) is 12.8 Å². The Kier molecular flexibility index (Phi) is 6.54. The van der Waals surface area contributed by atoms with E-state index in [1.54, 1.807) is 6.92 Å². The van der Waals surface area contributed by atoms with Gasteiger partial charge in [0.25, 0.3) is 0 Å². The van der Waals surface area contributed by atoms with E-state index in [2.05, 4.69) is 15.0 Å². The molecule has 0 aliphatic rings. The highest BCUT2D eigenvalue weighted by Gasteiger charge is 2.20. The van der Waals surface area contributed by atoms with Crippen molar-refractivity contribution in [1.29, 1.82) is 0 Å². The Labute approximate surface area is 180 Å². The molecule has 0 fully saturated rings. The van der Waals surface area contributed by atoms with Crippen molar-refractivity contribution in [2.75, 3.05) is 19.0 Å². The number of esters is 2. The maximum atomic E-state index is 12.5. The van der Waals surface area contributed by atoms with E-state index in [9.17, 15) is 19.2 Å². The van der Waals surface area contributed by atoms with Gasteiger partial charge in [0.05, 0.1) is 30.5 Å². The zero-order valence-electron chi connectivity index (χ0n) is 17.4. The zero-order valence-corrected chi connectivity index (χ0v) is 18.2. The van der Waals surface area contributed by atoms with Crippen molar-refractivity contribution < 1.29 is 28.3 Å². The number of carbonyl (C=O) groups is 3. The number of ether oxygens (including phenoxy) is 2. The number of aromatic nitrogens is 2. The smallest absolute Gasteiger partial charge is 0.420 e. The van der Waals surface area contributed by atoms with Gasteiger partial charge in [-0.3, -0.25) is 9.36 Å². The molecule has 2 heterocycles. The Morgan fingerprint density at radius 1 is 1.26 bits per heavy atom. The van der Waals surface area contributed by atoms with Crippen molar-refractivity contribution in [3.63, 3.8) is 0 Å². The van der Waals surface area contributed by atoms with E-state index in [4.69, 9.17) is 9.15 Å². The summed E-state index contributed by atoms with van der Waals surface area (Å²) in [5.41, 5.74) is 1.16. The summed E-state index contributed by atoms with van der Waals surface area (Å²) in [6.07, 6.45) is 0. The minimum absolute atomic E-state index is 0.154. The van der Waals surface area contributed by atoms with Gasteiger partial charge in [-0.05, 0) is 31.0 Å². The molecule has 2 aromatic heterocycles. The molecule has 0 aliphatic carbocycles. The first-order valence-electron chi connectivity index (χ1n) is 9.35. The summed E-state index contributed by atoms with van der Waals surface area (Å²) >= 11 is 0.996. The van der Waals surface area contributed by atoms with Crippen LogP contribution in [-0.2, 0) is 20.8 Å². The Morgan fingerprint density at radius 3 is 2.68 bits per heavy atom. The van der Waals surface area contributed by atoms with Crippen LogP contribution in [0.3, 0.4) is 0 Å². The molecular formula is C20H21N3O7S. The van der Waals surface area contributed by atoms with Crippen molar-refractivity contribution in [1.82, 2.24) is 9.55 Å². The summed E-state index contributed by atoms with van der Waals surface area (Å²) in [5, 5.41) is 2.79. The number of methoxy groups -OCH3 is 1. The number of amides is 1. The Balaban J connectivity index is 1.74. The molecule has 31 heavy (non-hydrogen) atoms. The lowest BCUT2D eigenvalue weighted by molar-refractivity contribution is -0.116. The van der Waals surface area contributed by atoms with Crippen molar-refractivity contribution >= 4 is 45.4 Å². The van der Waals surface area contributed by atoms with Gasteiger partial charge >= 0.3 is 17.7 Å². The number of carbonyl (C=O) groups excluding carboxylic acids is 3. The first-order chi connectivity index (χ1) is 14.7. The molecule has 1 amide bonds. The molecule has 3 aromatic rings. The highest BCUT2D eigenvalue weighted by molar-refractivity contribution is 7.17. The van der Waals surface area contributed by atoms with E-state index in [0.29, 0.717) is 16.1 Å². The van der Waals surface area contributed by atoms with Gasteiger partial charge in [0.15, 0.2) is 10.7 Å². The predicted octanol–water partition coefficient (Wildman–Crippen LogP) is 2.60. The fourth-order valence-corrected chi connectivity index (χ4v) is 3.59. The van der Waals surface area contributed by atoms with Gasteiger partial charge in [0, 0.05) is 0 Å². The molecule has 1 aromatic carbocycles. The largest absolute Gasteiger partial charge is 0.465 e. The molecule has 0 atom stereocenters. The van der Waals surface area contributed by atoms with E-state index < -0.39 is 23.6 Å². The number of hydrogen-bond acceptors (Lipinski definition) is 9. The predicted molar refractivity (Wildman–Crippen MR) is 112 cm³/mol. The highest BCUT2D eigenvalue weighted by Crippen LogP contribution is 2.24. The van der Waals surface area contributed by atoms with E-state index in [-0.39, 0.29) is 35.3 Å². The van der Waals surface area contributed by atoms with Crippen LogP contribution >= 0.6 is 11.3 Å². The molecule has 10 nitrogen and oxygen atoms in total. The lowest BCUT2D eigenvalue weighted by Crippen LogP contribution is -2.24. The van der Waals surface area contributed by atoms with Gasteiger partial charge in [0.2, 0.25) is 5.91 Å². The van der Waals surface area contributed by atoms with Crippen LogP contribution in [0.2, 0.25) is 0 Å². The van der Waals surface area contributed by atoms with Gasteiger partial charge in [-0.25, -0.2) is 19.4 Å². The molecular weight excluding hydrogens is 426 g/mol. The third-order valence-corrected chi connectivity index (χ3v) is 5.22. The molecule has 0 spiro atoms. The number of hydrogen-bond donors (Lipinski definition) is 1. The summed E-state index contributed by atoms with van der Waals surface area (Å²) < 4.78 is 16.1. The van der Waals surface area contributed by atoms with E-state index >= 15 is 0 Å². The molecule has 0 unspecified atom stereocenters. The van der Waals surface area contributed by atoms with E-state index in [1.807, 2.05) is 13.8 Å². The van der Waals surface area contributed by atoms with E-state index in [0.717, 1.165) is 15.9 Å². The molecule has 11 heteroatoms. The first kappa shape index (κ1) is 22.2. The number of aryl methyl sites for hydroxylation is 1. The maximum absolute atomic E-state index is 12.5. The molecule has 0 aliphatic heterocycles. The van der Waals surface area contributed by atoms with Crippen LogP contribution in [0.5, 0.6) is 0 Å². The van der Waals surface area contributed by atoms with Gasteiger partial charge in [0.1, 0.15) is 11.4 Å². The number of nitrogens with one attached hydrogen (secondary N) is 1. The van der Waals surface area contributed by atoms with Crippen molar-refractivity contribution in [3.05, 3.63) is 44.9 Å². The second kappa shape index (κ2) is 9.13. The Morgan fingerprint density at radius 2 is 2.00 bits per heavy atom. The second-order valence-corrected chi connectivity index (χ2v) is 8.10. The van der Waals surface area contributed by atoms with Crippen LogP contribution in [0.25, 0.3) is 11.1 Å². The fourth-order valence-electron chi connectivity index (χ4n) is 2.71. The molecule has 164 valence electrons. The third-order valence-electron chi connectivity index (χ3n) is 4.17. The molecule has 0 saturated carbocycles. The van der Waals surface area contributed by atoms with Gasteiger partial charge in [-0.15, -0.1) is 0 Å². The average molecular weight is 447 g/mol. The average Bonchev–Trinajstić information content (AvgIpc) is 3.23. The van der Waals surface area contributed by atoms with Gasteiger partial charge in [-0.1, -0.05) is 25.2 Å².